The number of carbonyl (C=O) groups is 2. The van der Waals surface area contributed by atoms with Crippen LogP contribution in [0.5, 0.6) is 0 Å². The predicted molar refractivity (Wildman–Crippen MR) is 105 cm³/mol. The van der Waals surface area contributed by atoms with E-state index in [1.54, 1.807) is 0 Å². The number of hydrogen-bond acceptors (Lipinski definition) is 5. The van der Waals surface area contributed by atoms with Crippen molar-refractivity contribution in [3.8, 4) is 0 Å². The van der Waals surface area contributed by atoms with Crippen molar-refractivity contribution in [1.82, 2.24) is 5.01 Å². The first-order chi connectivity index (χ1) is 12.0. The number of nitrogens with zero attached hydrogens (tertiary/aromatic N) is 2. The number of amides is 1. The van der Waals surface area contributed by atoms with Gasteiger partial charge in [-0.15, -0.1) is 0 Å². The monoisotopic (exact) mass is 382 g/mol. The van der Waals surface area contributed by atoms with Crippen LogP contribution in [0.15, 0.2) is 28.4 Å². The highest BCUT2D eigenvalue weighted by atomic mass is 32.2. The molecule has 1 rings (SSSR count). The van der Waals surface area contributed by atoms with Crippen LogP contribution in [-0.4, -0.2) is 49.9 Å². The smallest absolute Gasteiger partial charge is 0.288 e. The van der Waals surface area contributed by atoms with E-state index in [9.17, 15) is 18.0 Å². The molecule has 146 valence electrons. The molecule has 7 heteroatoms. The number of rotatable bonds is 8. The molecule has 26 heavy (non-hydrogen) atoms. The Balaban J connectivity index is 3.12. The highest BCUT2D eigenvalue weighted by molar-refractivity contribution is 7.91. The Labute approximate surface area is 156 Å². The zero-order chi connectivity index (χ0) is 20.1. The normalized spacial score (nSPS) is 21.1. The van der Waals surface area contributed by atoms with Crippen LogP contribution >= 0.6 is 0 Å². The Morgan fingerprint density at radius 3 is 2.31 bits per heavy atom. The van der Waals surface area contributed by atoms with E-state index in [4.69, 9.17) is 0 Å². The van der Waals surface area contributed by atoms with Crippen LogP contribution < -0.4 is 0 Å². The van der Waals surface area contributed by atoms with Gasteiger partial charge in [0.05, 0.1) is 16.9 Å². The van der Waals surface area contributed by atoms with Crippen molar-refractivity contribution in [1.29, 1.82) is 0 Å². The Morgan fingerprint density at radius 1 is 1.23 bits per heavy atom. The Kier molecular flexibility index (Phi) is 7.50. The molecule has 0 saturated heterocycles. The second-order valence-electron chi connectivity index (χ2n) is 6.98. The zero-order valence-electron chi connectivity index (χ0n) is 16.6. The first-order valence-electron chi connectivity index (χ1n) is 8.93. The van der Waals surface area contributed by atoms with Gasteiger partial charge in [0.15, 0.2) is 9.84 Å². The molecule has 0 saturated carbocycles. The van der Waals surface area contributed by atoms with Crippen LogP contribution in [0.3, 0.4) is 0 Å². The molecule has 0 N–H and O–H groups in total. The Bertz CT molecular complexity index is 762. The quantitative estimate of drug-likeness (QED) is 0.367. The highest BCUT2D eigenvalue weighted by Crippen LogP contribution is 2.40. The fourth-order valence-corrected chi connectivity index (χ4v) is 4.02. The van der Waals surface area contributed by atoms with Crippen LogP contribution in [0.25, 0.3) is 0 Å². The minimum absolute atomic E-state index is 0.250. The van der Waals surface area contributed by atoms with Crippen molar-refractivity contribution >= 4 is 27.2 Å². The van der Waals surface area contributed by atoms with Crippen molar-refractivity contribution in [2.75, 3.05) is 19.1 Å². The fourth-order valence-electron chi connectivity index (χ4n) is 3.20. The van der Waals surface area contributed by atoms with E-state index in [2.05, 4.69) is 11.2 Å². The van der Waals surface area contributed by atoms with Crippen molar-refractivity contribution in [2.45, 2.75) is 53.4 Å². The fraction of sp³-hybridized carbons (Fsp3) is 0.632. The van der Waals surface area contributed by atoms with Crippen LogP contribution in [0.2, 0.25) is 0 Å². The molecule has 0 aromatic carbocycles. The molecule has 0 bridgehead atoms. The van der Waals surface area contributed by atoms with Gasteiger partial charge in [0.1, 0.15) is 0 Å². The molecule has 1 atom stereocenters. The van der Waals surface area contributed by atoms with Gasteiger partial charge in [-0.05, 0) is 32.6 Å². The molecule has 0 fully saturated rings. The third kappa shape index (κ3) is 5.62. The molecule has 0 radical (unpaired) electrons. The predicted octanol–water partition coefficient (Wildman–Crippen LogP) is 2.91. The lowest BCUT2D eigenvalue weighted by molar-refractivity contribution is -0.148. The van der Waals surface area contributed by atoms with Gasteiger partial charge >= 0.3 is 5.91 Å². The van der Waals surface area contributed by atoms with Gasteiger partial charge in [-0.25, -0.2) is 13.4 Å². The number of Topliss-reactive ketones (excluding diaryl/α,β-unsaturated/α-hetero) is 1. The molecule has 1 amide bonds. The number of likely N-dealkylation sites (N-methyl/N-ethyl adjacent to an activating group) is 1. The van der Waals surface area contributed by atoms with Gasteiger partial charge in [-0.3, -0.25) is 9.59 Å². The van der Waals surface area contributed by atoms with E-state index in [0.717, 1.165) is 35.3 Å². The minimum Gasteiger partial charge on any atom is -0.288 e. The third-order valence-electron chi connectivity index (χ3n) is 4.62. The zero-order valence-corrected chi connectivity index (χ0v) is 17.4. The molecule has 6 nitrogen and oxygen atoms in total. The molecule has 0 aromatic heterocycles. The number of allylic oxidation sites excluding steroid dienone is 4. The molecule has 1 aliphatic rings. The maximum absolute atomic E-state index is 13.0. The number of hydrogen-bond donors (Lipinski definition) is 0. The summed E-state index contributed by atoms with van der Waals surface area (Å²) in [5.41, 5.74) is 1.64. The van der Waals surface area contributed by atoms with E-state index >= 15 is 0 Å². The Morgan fingerprint density at radius 2 is 1.85 bits per heavy atom. The maximum Gasteiger partial charge on any atom is 0.310 e. The molecule has 0 heterocycles. The standard InChI is InChI=1S/C19H30N2O4S/c1-7-15-10-16(8-2)12-19(9-3,11-15)17(22)18(23)21(5)20-14(4)13-26(6,24)25/h10-11H,7-9,12-13H2,1-6H3. The lowest BCUT2D eigenvalue weighted by Crippen LogP contribution is -2.42. The van der Waals surface area contributed by atoms with Gasteiger partial charge in [0.2, 0.25) is 5.78 Å². The number of hydrazone groups is 1. The number of ketones is 1. The van der Waals surface area contributed by atoms with E-state index in [1.807, 2.05) is 26.8 Å². The average molecular weight is 383 g/mol. The largest absolute Gasteiger partial charge is 0.310 e. The molecular formula is C19H30N2O4S. The molecule has 0 aliphatic heterocycles. The molecular weight excluding hydrogens is 352 g/mol. The van der Waals surface area contributed by atoms with Gasteiger partial charge < -0.3 is 0 Å². The van der Waals surface area contributed by atoms with E-state index < -0.39 is 26.9 Å². The van der Waals surface area contributed by atoms with E-state index in [0.29, 0.717) is 12.8 Å². The summed E-state index contributed by atoms with van der Waals surface area (Å²) in [4.78, 5) is 25.7. The molecule has 0 aromatic rings. The summed E-state index contributed by atoms with van der Waals surface area (Å²) in [6.07, 6.45) is 7.84. The summed E-state index contributed by atoms with van der Waals surface area (Å²) in [6.45, 7) is 7.50. The minimum atomic E-state index is -3.24. The molecule has 0 spiro atoms. The molecule has 1 aliphatic carbocycles. The highest BCUT2D eigenvalue weighted by Gasteiger charge is 2.42. The second-order valence-corrected chi connectivity index (χ2v) is 9.12. The van der Waals surface area contributed by atoms with E-state index in [-0.39, 0.29) is 11.5 Å². The second kappa shape index (κ2) is 8.75. The summed E-state index contributed by atoms with van der Waals surface area (Å²) >= 11 is 0. The summed E-state index contributed by atoms with van der Waals surface area (Å²) in [7, 11) is -1.86. The third-order valence-corrected chi connectivity index (χ3v) is 5.56. The lowest BCUT2D eigenvalue weighted by atomic mass is 9.70. The van der Waals surface area contributed by atoms with Crippen LogP contribution in [0.4, 0.5) is 0 Å². The van der Waals surface area contributed by atoms with Crippen molar-refractivity contribution in [3.05, 3.63) is 23.3 Å². The summed E-state index contributed by atoms with van der Waals surface area (Å²) in [6, 6.07) is 0. The maximum atomic E-state index is 13.0. The molecule has 1 unspecified atom stereocenters. The first-order valence-corrected chi connectivity index (χ1v) is 11.0. The van der Waals surface area contributed by atoms with Crippen LogP contribution in [-0.2, 0) is 19.4 Å². The Hall–Kier alpha value is -1.76. The summed E-state index contributed by atoms with van der Waals surface area (Å²) in [5, 5.41) is 4.95. The van der Waals surface area contributed by atoms with Crippen molar-refractivity contribution in [2.24, 2.45) is 10.5 Å². The van der Waals surface area contributed by atoms with Gasteiger partial charge in [0.25, 0.3) is 0 Å². The van der Waals surface area contributed by atoms with Crippen molar-refractivity contribution in [3.63, 3.8) is 0 Å². The van der Waals surface area contributed by atoms with E-state index in [1.165, 1.54) is 14.0 Å². The van der Waals surface area contributed by atoms with Gasteiger partial charge in [-0.1, -0.05) is 44.1 Å². The first kappa shape index (κ1) is 22.3. The van der Waals surface area contributed by atoms with Gasteiger partial charge in [-0.2, -0.15) is 5.10 Å². The summed E-state index contributed by atoms with van der Waals surface area (Å²) in [5.74, 6) is -1.47. The topological polar surface area (TPSA) is 83.9 Å². The number of carbonyl (C=O) groups excluding carboxylic acids is 2. The average Bonchev–Trinajstić information content (AvgIpc) is 2.57. The SMILES string of the molecule is CCC1=CC(CC)(C(=O)C(=O)N(C)N=C(C)CS(C)(=O)=O)CC(CC)=C1. The number of sulfone groups is 1. The van der Waals surface area contributed by atoms with Gasteiger partial charge in [0, 0.05) is 13.3 Å². The van der Waals surface area contributed by atoms with Crippen LogP contribution in [0, 0.1) is 5.41 Å². The van der Waals surface area contributed by atoms with Crippen LogP contribution in [0.1, 0.15) is 53.4 Å². The van der Waals surface area contributed by atoms with Crippen molar-refractivity contribution < 1.29 is 18.0 Å². The summed E-state index contributed by atoms with van der Waals surface area (Å²) < 4.78 is 22.7. The lowest BCUT2D eigenvalue weighted by Gasteiger charge is -2.33.